The van der Waals surface area contributed by atoms with E-state index in [1.165, 1.54) is 36.9 Å². The van der Waals surface area contributed by atoms with Crippen molar-refractivity contribution in [3.8, 4) is 11.5 Å². The van der Waals surface area contributed by atoms with Gasteiger partial charge in [-0.3, -0.25) is 4.79 Å². The molecule has 0 aliphatic rings. The topological polar surface area (TPSA) is 95.3 Å². The number of phenolic OH excluding ortho intramolecular Hbond substituents is 2. The van der Waals surface area contributed by atoms with Crippen LogP contribution in [0.15, 0.2) is 36.9 Å². The zero-order valence-electron chi connectivity index (χ0n) is 8.66. The van der Waals surface area contributed by atoms with Gasteiger partial charge in [0.1, 0.15) is 6.33 Å². The van der Waals surface area contributed by atoms with E-state index in [1.807, 2.05) is 0 Å². The first-order valence-electron chi connectivity index (χ1n) is 4.75. The van der Waals surface area contributed by atoms with Gasteiger partial charge in [-0.25, -0.2) is 9.97 Å². The van der Waals surface area contributed by atoms with Crippen LogP contribution in [0.5, 0.6) is 11.5 Å². The number of nitrogens with zero attached hydrogens (tertiary/aromatic N) is 2. The molecule has 1 aromatic carbocycles. The SMILES string of the molecule is O=C(Nc1cncnc1)c1ccc(O)c(O)c1. The van der Waals surface area contributed by atoms with Crippen LogP contribution in [0, 0.1) is 0 Å². The van der Waals surface area contributed by atoms with Crippen molar-refractivity contribution in [2.45, 2.75) is 0 Å². The Hall–Kier alpha value is -2.63. The van der Waals surface area contributed by atoms with Gasteiger partial charge in [0.2, 0.25) is 0 Å². The molecule has 2 rings (SSSR count). The Balaban J connectivity index is 2.18. The molecule has 1 aromatic heterocycles. The fourth-order valence-corrected chi connectivity index (χ4v) is 1.23. The molecule has 0 aliphatic heterocycles. The smallest absolute Gasteiger partial charge is 0.255 e. The number of anilines is 1. The Morgan fingerprint density at radius 2 is 1.82 bits per heavy atom. The molecule has 2 aromatic rings. The van der Waals surface area contributed by atoms with Crippen LogP contribution in [0.1, 0.15) is 10.4 Å². The molecule has 0 saturated heterocycles. The van der Waals surface area contributed by atoms with E-state index < -0.39 is 5.91 Å². The van der Waals surface area contributed by atoms with Gasteiger partial charge in [0, 0.05) is 5.56 Å². The average molecular weight is 231 g/mol. The summed E-state index contributed by atoms with van der Waals surface area (Å²) in [5, 5.41) is 20.9. The summed E-state index contributed by atoms with van der Waals surface area (Å²) in [5.74, 6) is -1.04. The first-order chi connectivity index (χ1) is 8.16. The van der Waals surface area contributed by atoms with Crippen LogP contribution in [-0.4, -0.2) is 26.1 Å². The van der Waals surface area contributed by atoms with Crippen LogP contribution in [0.25, 0.3) is 0 Å². The fraction of sp³-hybridized carbons (Fsp3) is 0. The highest BCUT2D eigenvalue weighted by atomic mass is 16.3. The number of aromatic hydroxyl groups is 2. The predicted molar refractivity (Wildman–Crippen MR) is 59.8 cm³/mol. The van der Waals surface area contributed by atoms with Crippen LogP contribution in [0.3, 0.4) is 0 Å². The van der Waals surface area contributed by atoms with Gasteiger partial charge in [0.15, 0.2) is 11.5 Å². The van der Waals surface area contributed by atoms with Crippen molar-refractivity contribution in [2.75, 3.05) is 5.32 Å². The molecule has 0 saturated carbocycles. The third kappa shape index (κ3) is 2.49. The van der Waals surface area contributed by atoms with E-state index >= 15 is 0 Å². The molecule has 86 valence electrons. The molecule has 0 fully saturated rings. The van der Waals surface area contributed by atoms with E-state index in [0.717, 1.165) is 0 Å². The van der Waals surface area contributed by atoms with E-state index in [4.69, 9.17) is 5.11 Å². The Labute approximate surface area is 96.6 Å². The third-order valence-corrected chi connectivity index (χ3v) is 2.06. The highest BCUT2D eigenvalue weighted by molar-refractivity contribution is 6.04. The Morgan fingerprint density at radius 1 is 1.12 bits per heavy atom. The van der Waals surface area contributed by atoms with Crippen molar-refractivity contribution in [2.24, 2.45) is 0 Å². The Bertz CT molecular complexity index is 543. The lowest BCUT2D eigenvalue weighted by atomic mass is 10.2. The second kappa shape index (κ2) is 4.48. The summed E-state index contributed by atoms with van der Waals surface area (Å²) in [6.45, 7) is 0. The van der Waals surface area contributed by atoms with E-state index in [0.29, 0.717) is 5.69 Å². The number of rotatable bonds is 2. The summed E-state index contributed by atoms with van der Waals surface area (Å²) in [7, 11) is 0. The van der Waals surface area contributed by atoms with Crippen molar-refractivity contribution >= 4 is 11.6 Å². The Morgan fingerprint density at radius 3 is 2.47 bits per heavy atom. The van der Waals surface area contributed by atoms with Crippen LogP contribution in [0.2, 0.25) is 0 Å². The fourth-order valence-electron chi connectivity index (χ4n) is 1.23. The number of phenols is 2. The summed E-state index contributed by atoms with van der Waals surface area (Å²) in [4.78, 5) is 19.2. The normalized spacial score (nSPS) is 9.88. The largest absolute Gasteiger partial charge is 0.504 e. The van der Waals surface area contributed by atoms with Crippen LogP contribution >= 0.6 is 0 Å². The molecule has 0 bridgehead atoms. The van der Waals surface area contributed by atoms with Crippen molar-refractivity contribution < 1.29 is 15.0 Å². The van der Waals surface area contributed by atoms with Gasteiger partial charge in [0.25, 0.3) is 5.91 Å². The van der Waals surface area contributed by atoms with Crippen molar-refractivity contribution in [1.82, 2.24) is 9.97 Å². The number of carbonyl (C=O) groups is 1. The second-order valence-electron chi connectivity index (χ2n) is 3.28. The first kappa shape index (κ1) is 10.9. The number of hydrogen-bond donors (Lipinski definition) is 3. The molecule has 0 atom stereocenters. The molecule has 0 radical (unpaired) electrons. The minimum absolute atomic E-state index is 0.226. The van der Waals surface area contributed by atoms with E-state index in [-0.39, 0.29) is 17.1 Å². The highest BCUT2D eigenvalue weighted by Gasteiger charge is 2.09. The summed E-state index contributed by atoms with van der Waals surface area (Å²) < 4.78 is 0. The number of amides is 1. The summed E-state index contributed by atoms with van der Waals surface area (Å²) in [6, 6.07) is 3.81. The summed E-state index contributed by atoms with van der Waals surface area (Å²) in [5.41, 5.74) is 0.675. The van der Waals surface area contributed by atoms with Crippen molar-refractivity contribution in [3.05, 3.63) is 42.5 Å². The molecule has 6 heteroatoms. The third-order valence-electron chi connectivity index (χ3n) is 2.06. The van der Waals surface area contributed by atoms with Gasteiger partial charge in [-0.15, -0.1) is 0 Å². The minimum Gasteiger partial charge on any atom is -0.504 e. The lowest BCUT2D eigenvalue weighted by Gasteiger charge is -2.05. The quantitative estimate of drug-likeness (QED) is 0.673. The maximum atomic E-state index is 11.7. The Kier molecular flexibility index (Phi) is 2.87. The van der Waals surface area contributed by atoms with Crippen LogP contribution < -0.4 is 5.32 Å². The standard InChI is InChI=1S/C11H9N3O3/c15-9-2-1-7(3-10(9)16)11(17)14-8-4-12-6-13-5-8/h1-6,15-16H,(H,14,17). The zero-order valence-corrected chi connectivity index (χ0v) is 8.66. The second-order valence-corrected chi connectivity index (χ2v) is 3.28. The van der Waals surface area contributed by atoms with Gasteiger partial charge in [0.05, 0.1) is 18.1 Å². The number of benzene rings is 1. The molecule has 0 spiro atoms. The zero-order chi connectivity index (χ0) is 12.3. The van der Waals surface area contributed by atoms with Crippen LogP contribution in [0.4, 0.5) is 5.69 Å². The highest BCUT2D eigenvalue weighted by Crippen LogP contribution is 2.25. The van der Waals surface area contributed by atoms with E-state index in [2.05, 4.69) is 15.3 Å². The van der Waals surface area contributed by atoms with E-state index in [9.17, 15) is 9.90 Å². The first-order valence-corrected chi connectivity index (χ1v) is 4.75. The molecule has 1 amide bonds. The summed E-state index contributed by atoms with van der Waals surface area (Å²) in [6.07, 6.45) is 4.25. The monoisotopic (exact) mass is 231 g/mol. The summed E-state index contributed by atoms with van der Waals surface area (Å²) >= 11 is 0. The van der Waals surface area contributed by atoms with Crippen LogP contribution in [-0.2, 0) is 0 Å². The molecule has 1 heterocycles. The maximum absolute atomic E-state index is 11.7. The van der Waals surface area contributed by atoms with Gasteiger partial charge in [-0.1, -0.05) is 0 Å². The van der Waals surface area contributed by atoms with E-state index in [1.54, 1.807) is 0 Å². The number of nitrogens with one attached hydrogen (secondary N) is 1. The lowest BCUT2D eigenvalue weighted by Crippen LogP contribution is -2.11. The number of aromatic nitrogens is 2. The predicted octanol–water partition coefficient (Wildman–Crippen LogP) is 1.14. The number of hydrogen-bond acceptors (Lipinski definition) is 5. The molecule has 17 heavy (non-hydrogen) atoms. The molecule has 3 N–H and O–H groups in total. The minimum atomic E-state index is -0.421. The van der Waals surface area contributed by atoms with Gasteiger partial charge in [-0.05, 0) is 18.2 Å². The number of carbonyl (C=O) groups excluding carboxylic acids is 1. The van der Waals surface area contributed by atoms with Gasteiger partial charge in [-0.2, -0.15) is 0 Å². The van der Waals surface area contributed by atoms with Gasteiger partial charge < -0.3 is 15.5 Å². The van der Waals surface area contributed by atoms with Crippen molar-refractivity contribution in [1.29, 1.82) is 0 Å². The molecule has 0 aliphatic carbocycles. The van der Waals surface area contributed by atoms with Crippen molar-refractivity contribution in [3.63, 3.8) is 0 Å². The van der Waals surface area contributed by atoms with Gasteiger partial charge >= 0.3 is 0 Å². The molecular formula is C11H9N3O3. The molecule has 6 nitrogen and oxygen atoms in total. The molecule has 0 unspecified atom stereocenters. The molecular weight excluding hydrogens is 222 g/mol. The maximum Gasteiger partial charge on any atom is 0.255 e. The lowest BCUT2D eigenvalue weighted by molar-refractivity contribution is 0.102. The average Bonchev–Trinajstić information content (AvgIpc) is 2.34.